The van der Waals surface area contributed by atoms with E-state index in [-0.39, 0.29) is 0 Å². The first-order chi connectivity index (χ1) is 9.43. The van der Waals surface area contributed by atoms with Crippen molar-refractivity contribution in [2.45, 2.75) is 19.3 Å². The number of benzene rings is 2. The average molecular weight is 248 g/mol. The van der Waals surface area contributed by atoms with Crippen LogP contribution in [0.3, 0.4) is 0 Å². The van der Waals surface area contributed by atoms with Gasteiger partial charge in [0.05, 0.1) is 11.4 Å². The molecule has 0 amide bonds. The highest BCUT2D eigenvalue weighted by Crippen LogP contribution is 2.16. The van der Waals surface area contributed by atoms with Gasteiger partial charge >= 0.3 is 0 Å². The summed E-state index contributed by atoms with van der Waals surface area (Å²) in [5.41, 5.74) is 4.54. The molecule has 0 spiro atoms. The molecular weight excluding hydrogens is 232 g/mol. The summed E-state index contributed by atoms with van der Waals surface area (Å²) < 4.78 is 0. The molecule has 1 aliphatic heterocycles. The van der Waals surface area contributed by atoms with Gasteiger partial charge in [0.2, 0.25) is 0 Å². The maximum absolute atomic E-state index is 4.46. The van der Waals surface area contributed by atoms with Gasteiger partial charge in [0.25, 0.3) is 0 Å². The summed E-state index contributed by atoms with van der Waals surface area (Å²) in [4.78, 5) is 0. The molecule has 0 atom stereocenters. The van der Waals surface area contributed by atoms with E-state index < -0.39 is 0 Å². The van der Waals surface area contributed by atoms with E-state index in [1.165, 1.54) is 11.1 Å². The quantitative estimate of drug-likeness (QED) is 0.765. The molecule has 1 heterocycles. The van der Waals surface area contributed by atoms with Crippen molar-refractivity contribution in [3.8, 4) is 0 Å². The molecule has 0 saturated carbocycles. The summed E-state index contributed by atoms with van der Waals surface area (Å²) in [5.74, 6) is 0. The monoisotopic (exact) mass is 248 g/mol. The van der Waals surface area contributed by atoms with Gasteiger partial charge in [-0.1, -0.05) is 60.7 Å². The largest absolute Gasteiger partial charge is 0.155 e. The number of rotatable bonds is 2. The minimum absolute atomic E-state index is 0.990. The second-order valence-electron chi connectivity index (χ2n) is 4.68. The van der Waals surface area contributed by atoms with E-state index in [1.807, 2.05) is 36.4 Å². The van der Waals surface area contributed by atoms with Crippen LogP contribution in [0.5, 0.6) is 0 Å². The van der Waals surface area contributed by atoms with Crippen LogP contribution >= 0.6 is 0 Å². The van der Waals surface area contributed by atoms with Gasteiger partial charge < -0.3 is 0 Å². The van der Waals surface area contributed by atoms with Crippen molar-refractivity contribution in [2.24, 2.45) is 10.2 Å². The fourth-order valence-corrected chi connectivity index (χ4v) is 2.31. The molecule has 0 bridgehead atoms. The normalized spacial score (nSPS) is 15.4. The van der Waals surface area contributed by atoms with Crippen LogP contribution in [0, 0.1) is 0 Å². The molecule has 0 unspecified atom stereocenters. The SMILES string of the molecule is c1ccc(C2=NN=C(c3ccccc3)CCC2)cc1. The second-order valence-corrected chi connectivity index (χ2v) is 4.68. The Balaban J connectivity index is 1.90. The molecule has 94 valence electrons. The van der Waals surface area contributed by atoms with E-state index >= 15 is 0 Å². The summed E-state index contributed by atoms with van der Waals surface area (Å²) in [6, 6.07) is 20.6. The van der Waals surface area contributed by atoms with Crippen LogP contribution in [-0.2, 0) is 0 Å². The zero-order chi connectivity index (χ0) is 12.9. The third kappa shape index (κ3) is 2.79. The second kappa shape index (κ2) is 5.61. The van der Waals surface area contributed by atoms with E-state index in [1.54, 1.807) is 0 Å². The predicted octanol–water partition coefficient (Wildman–Crippen LogP) is 4.06. The summed E-state index contributed by atoms with van der Waals surface area (Å²) in [5, 5.41) is 8.91. The van der Waals surface area contributed by atoms with Crippen LogP contribution < -0.4 is 0 Å². The Morgan fingerprint density at radius 2 is 1.00 bits per heavy atom. The minimum Gasteiger partial charge on any atom is -0.155 e. The maximum Gasteiger partial charge on any atom is 0.0702 e. The van der Waals surface area contributed by atoms with Crippen molar-refractivity contribution in [1.82, 2.24) is 0 Å². The smallest absolute Gasteiger partial charge is 0.0702 e. The van der Waals surface area contributed by atoms with Gasteiger partial charge in [-0.3, -0.25) is 0 Å². The van der Waals surface area contributed by atoms with E-state index in [4.69, 9.17) is 0 Å². The average Bonchev–Trinajstić information content (AvgIpc) is 2.75. The van der Waals surface area contributed by atoms with E-state index in [0.29, 0.717) is 0 Å². The first kappa shape index (κ1) is 11.8. The van der Waals surface area contributed by atoms with Gasteiger partial charge in [-0.25, -0.2) is 0 Å². The Morgan fingerprint density at radius 1 is 0.579 bits per heavy atom. The Morgan fingerprint density at radius 3 is 1.42 bits per heavy atom. The fraction of sp³-hybridized carbons (Fsp3) is 0.176. The zero-order valence-corrected chi connectivity index (χ0v) is 10.8. The van der Waals surface area contributed by atoms with Crippen LogP contribution in [0.4, 0.5) is 0 Å². The van der Waals surface area contributed by atoms with E-state index in [9.17, 15) is 0 Å². The molecule has 19 heavy (non-hydrogen) atoms. The molecule has 0 N–H and O–H groups in total. The fourth-order valence-electron chi connectivity index (χ4n) is 2.31. The molecule has 0 radical (unpaired) electrons. The highest BCUT2D eigenvalue weighted by molar-refractivity contribution is 6.05. The Labute approximate surface area is 113 Å². The lowest BCUT2D eigenvalue weighted by molar-refractivity contribution is 0.933. The number of nitrogens with zero attached hydrogens (tertiary/aromatic N) is 2. The first-order valence-electron chi connectivity index (χ1n) is 6.68. The summed E-state index contributed by atoms with van der Waals surface area (Å²) in [6.07, 6.45) is 3.08. The summed E-state index contributed by atoms with van der Waals surface area (Å²) in [6.45, 7) is 0. The lowest BCUT2D eigenvalue weighted by Gasteiger charge is -2.02. The molecule has 2 aromatic carbocycles. The molecular formula is C17H16N2. The van der Waals surface area contributed by atoms with Crippen molar-refractivity contribution < 1.29 is 0 Å². The Hall–Kier alpha value is -2.22. The molecule has 0 aliphatic carbocycles. The van der Waals surface area contributed by atoms with Crippen LogP contribution in [-0.4, -0.2) is 11.4 Å². The van der Waals surface area contributed by atoms with Crippen molar-refractivity contribution in [1.29, 1.82) is 0 Å². The number of hydrogen-bond donors (Lipinski definition) is 0. The molecule has 2 heteroatoms. The van der Waals surface area contributed by atoms with Crippen molar-refractivity contribution in [3.05, 3.63) is 71.8 Å². The molecule has 0 aromatic heterocycles. The van der Waals surface area contributed by atoms with Crippen molar-refractivity contribution in [2.75, 3.05) is 0 Å². The van der Waals surface area contributed by atoms with E-state index in [0.717, 1.165) is 30.7 Å². The number of hydrogen-bond acceptors (Lipinski definition) is 2. The van der Waals surface area contributed by atoms with Gasteiger partial charge in [-0.15, -0.1) is 0 Å². The van der Waals surface area contributed by atoms with Crippen molar-refractivity contribution in [3.63, 3.8) is 0 Å². The Bertz CT molecular complexity index is 542. The molecule has 1 aliphatic rings. The first-order valence-corrected chi connectivity index (χ1v) is 6.68. The topological polar surface area (TPSA) is 24.7 Å². The highest BCUT2D eigenvalue weighted by Gasteiger charge is 2.10. The van der Waals surface area contributed by atoms with Crippen LogP contribution in [0.25, 0.3) is 0 Å². The van der Waals surface area contributed by atoms with Gasteiger partial charge in [0, 0.05) is 0 Å². The standard InChI is InChI=1S/C17H16N2/c1-3-8-14(9-4-1)16-12-7-13-17(19-18-16)15-10-5-2-6-11-15/h1-6,8-11H,7,12-13H2. The lowest BCUT2D eigenvalue weighted by Crippen LogP contribution is -2.00. The maximum atomic E-state index is 4.46. The summed E-state index contributed by atoms with van der Waals surface area (Å²) in [7, 11) is 0. The van der Waals surface area contributed by atoms with Gasteiger partial charge in [0.15, 0.2) is 0 Å². The van der Waals surface area contributed by atoms with Crippen LogP contribution in [0.1, 0.15) is 30.4 Å². The molecule has 0 fully saturated rings. The molecule has 2 aromatic rings. The summed E-state index contributed by atoms with van der Waals surface area (Å²) >= 11 is 0. The van der Waals surface area contributed by atoms with Crippen molar-refractivity contribution >= 4 is 11.4 Å². The Kier molecular flexibility index (Phi) is 3.50. The van der Waals surface area contributed by atoms with Crippen LogP contribution in [0.2, 0.25) is 0 Å². The van der Waals surface area contributed by atoms with Gasteiger partial charge in [-0.2, -0.15) is 10.2 Å². The molecule has 3 rings (SSSR count). The minimum atomic E-state index is 0.990. The van der Waals surface area contributed by atoms with Gasteiger partial charge in [0.1, 0.15) is 0 Å². The highest BCUT2D eigenvalue weighted by atomic mass is 15.2. The third-order valence-corrected chi connectivity index (χ3v) is 3.33. The lowest BCUT2D eigenvalue weighted by atomic mass is 10.0. The van der Waals surface area contributed by atoms with Gasteiger partial charge in [-0.05, 0) is 30.4 Å². The molecule has 2 nitrogen and oxygen atoms in total. The molecule has 0 saturated heterocycles. The zero-order valence-electron chi connectivity index (χ0n) is 10.8. The van der Waals surface area contributed by atoms with E-state index in [2.05, 4.69) is 34.5 Å². The third-order valence-electron chi connectivity index (χ3n) is 3.33. The predicted molar refractivity (Wildman–Crippen MR) is 79.8 cm³/mol. The van der Waals surface area contributed by atoms with Crippen LogP contribution in [0.15, 0.2) is 70.9 Å².